The van der Waals surface area contributed by atoms with Gasteiger partial charge in [0.05, 0.1) is 0 Å². The summed E-state index contributed by atoms with van der Waals surface area (Å²) in [4.78, 5) is 21.6. The number of hydrogen-bond acceptors (Lipinski definition) is 1. The molecule has 0 fully saturated rings. The van der Waals surface area contributed by atoms with Crippen molar-refractivity contribution in [3.05, 3.63) is 0 Å². The van der Waals surface area contributed by atoms with Gasteiger partial charge < -0.3 is 14.7 Å². The van der Waals surface area contributed by atoms with Gasteiger partial charge in [-0.3, -0.25) is 0 Å². The largest absolute Gasteiger partial charge is 0.466 e. The van der Waals surface area contributed by atoms with Gasteiger partial charge in [-0.05, 0) is 0 Å². The Morgan fingerprint density at radius 3 is 1.12 bits per heavy atom. The van der Waals surface area contributed by atoms with Crippen LogP contribution in [0.25, 0.3) is 0 Å². The smallest absolute Gasteiger partial charge is 0.303 e. The van der Waals surface area contributed by atoms with E-state index in [1.807, 2.05) is 0 Å². The molecular weight excluding hydrogens is 265 g/mol. The molecule has 8 heteroatoms. The van der Waals surface area contributed by atoms with Crippen molar-refractivity contribution in [3.63, 3.8) is 0 Å². The Kier molecular flexibility index (Phi) is 25.5. The predicted molar refractivity (Wildman–Crippen MR) is 24.2 cm³/mol. The molecular formula is H6AlCrO4PZr. The van der Waals surface area contributed by atoms with E-state index in [-0.39, 0.29) is 60.9 Å². The van der Waals surface area contributed by atoms with Gasteiger partial charge in [-0.1, -0.05) is 0 Å². The summed E-state index contributed by atoms with van der Waals surface area (Å²) in [5, 5.41) is 0. The first-order chi connectivity index (χ1) is 2.00. The van der Waals surface area contributed by atoms with Crippen molar-refractivity contribution in [3.8, 4) is 0 Å². The van der Waals surface area contributed by atoms with Crippen molar-refractivity contribution in [2.24, 2.45) is 0 Å². The fourth-order valence-electron chi connectivity index (χ4n) is 0. The van der Waals surface area contributed by atoms with Crippen molar-refractivity contribution in [1.29, 1.82) is 0 Å². The summed E-state index contributed by atoms with van der Waals surface area (Å²) in [6.45, 7) is 0. The molecule has 0 saturated carbocycles. The zero-order valence-corrected chi connectivity index (χ0v) is 7.73. The van der Waals surface area contributed by atoms with Gasteiger partial charge in [0.1, 0.15) is 0 Å². The molecule has 3 N–H and O–H groups in total. The maximum absolute atomic E-state index is 8.88. The molecule has 0 atom stereocenters. The van der Waals surface area contributed by atoms with E-state index in [4.69, 9.17) is 19.2 Å². The normalized spacial score (nSPS) is 7.38. The van der Waals surface area contributed by atoms with E-state index in [1.54, 1.807) is 0 Å². The quantitative estimate of drug-likeness (QED) is 0.348. The molecule has 4 nitrogen and oxygen atoms in total. The Balaban J connectivity index is -0.0000000267. The molecule has 0 unspecified atom stereocenters. The third-order valence-corrected chi connectivity index (χ3v) is 0. The van der Waals surface area contributed by atoms with Gasteiger partial charge in [-0.2, -0.15) is 0 Å². The Morgan fingerprint density at radius 1 is 1.12 bits per heavy atom. The number of phosphoric acid groups is 1. The van der Waals surface area contributed by atoms with Crippen LogP contribution in [0.15, 0.2) is 0 Å². The van der Waals surface area contributed by atoms with Crippen LogP contribution in [0.4, 0.5) is 0 Å². The van der Waals surface area contributed by atoms with Crippen molar-refractivity contribution < 1.29 is 62.8 Å². The first kappa shape index (κ1) is 22.5. The van der Waals surface area contributed by atoms with Crippen LogP contribution in [0.2, 0.25) is 0 Å². The minimum Gasteiger partial charge on any atom is -0.303 e. The summed E-state index contributed by atoms with van der Waals surface area (Å²) >= 11 is 0. The van der Waals surface area contributed by atoms with E-state index in [0.717, 1.165) is 0 Å². The molecule has 0 radical (unpaired) electrons. The summed E-state index contributed by atoms with van der Waals surface area (Å²) in [6, 6.07) is 0. The third kappa shape index (κ3) is 94.8. The van der Waals surface area contributed by atoms with E-state index < -0.39 is 7.82 Å². The summed E-state index contributed by atoms with van der Waals surface area (Å²) in [6.07, 6.45) is 0. The van der Waals surface area contributed by atoms with Gasteiger partial charge in [0.15, 0.2) is 17.4 Å². The fourth-order valence-corrected chi connectivity index (χ4v) is 0. The Bertz CT molecular complexity index is 62.2. The molecule has 0 bridgehead atoms. The van der Waals surface area contributed by atoms with E-state index in [2.05, 4.69) is 0 Å². The minimum atomic E-state index is -4.64. The first-order valence-corrected chi connectivity index (χ1v) is 2.35. The zero-order chi connectivity index (χ0) is 4.50. The summed E-state index contributed by atoms with van der Waals surface area (Å²) in [7, 11) is -4.64. The van der Waals surface area contributed by atoms with Crippen LogP contribution in [0.5, 0.6) is 0 Å². The van der Waals surface area contributed by atoms with Gasteiger partial charge in [0.25, 0.3) is 0 Å². The SMILES string of the molecule is O=P(O)(O)O.[AlH3].[Cr].[Zr]. The van der Waals surface area contributed by atoms with Crippen LogP contribution >= 0.6 is 7.82 Å². The molecule has 8 heavy (non-hydrogen) atoms. The summed E-state index contributed by atoms with van der Waals surface area (Å²) < 4.78 is 8.88. The van der Waals surface area contributed by atoms with Gasteiger partial charge in [-0.15, -0.1) is 0 Å². The standard InChI is InChI=1S/Al.Cr.H3O4P.Zr.3H/c;;1-5(2,3)4;;;;/h;;(H3,1,2,3,4);;;;. The maximum atomic E-state index is 8.88. The maximum Gasteiger partial charge on any atom is 0.466 e. The number of hydrogen-bond donors (Lipinski definition) is 3. The first-order valence-electron chi connectivity index (χ1n) is 0.783. The summed E-state index contributed by atoms with van der Waals surface area (Å²) in [5.74, 6) is 0. The molecule has 0 aliphatic carbocycles. The van der Waals surface area contributed by atoms with E-state index in [9.17, 15) is 0 Å². The monoisotopic (exact) mass is 270 g/mol. The van der Waals surface area contributed by atoms with Crippen LogP contribution in [0, 0.1) is 0 Å². The zero-order valence-electron chi connectivity index (χ0n) is 3.11. The molecule has 48 valence electrons. The molecule has 0 rings (SSSR count). The van der Waals surface area contributed by atoms with E-state index in [1.165, 1.54) is 0 Å². The van der Waals surface area contributed by atoms with Crippen LogP contribution in [0.3, 0.4) is 0 Å². The molecule has 0 amide bonds. The van der Waals surface area contributed by atoms with Crippen LogP contribution in [-0.4, -0.2) is 32.0 Å². The van der Waals surface area contributed by atoms with Crippen molar-refractivity contribution in [1.82, 2.24) is 0 Å². The Hall–Kier alpha value is 2.06. The van der Waals surface area contributed by atoms with Crippen molar-refractivity contribution in [2.45, 2.75) is 0 Å². The topological polar surface area (TPSA) is 77.8 Å². The van der Waals surface area contributed by atoms with Crippen molar-refractivity contribution >= 4 is 25.2 Å². The number of rotatable bonds is 0. The van der Waals surface area contributed by atoms with Crippen LogP contribution in [-0.2, 0) is 48.1 Å². The van der Waals surface area contributed by atoms with Crippen molar-refractivity contribution in [2.75, 3.05) is 0 Å². The molecule has 0 aromatic carbocycles. The second-order valence-electron chi connectivity index (χ2n) is 0.513. The van der Waals surface area contributed by atoms with Crippen LogP contribution < -0.4 is 0 Å². The second kappa shape index (κ2) is 9.06. The average Bonchev–Trinajstić information content (AvgIpc) is 0.722. The summed E-state index contributed by atoms with van der Waals surface area (Å²) in [5.41, 5.74) is 0. The van der Waals surface area contributed by atoms with Crippen LogP contribution in [0.1, 0.15) is 0 Å². The minimum absolute atomic E-state index is 0. The fraction of sp³-hybridized carbons (Fsp3) is 0. The molecule has 0 saturated heterocycles. The van der Waals surface area contributed by atoms with E-state index >= 15 is 0 Å². The molecule has 0 aliphatic heterocycles. The average molecular weight is 271 g/mol. The molecule has 0 aromatic heterocycles. The predicted octanol–water partition coefficient (Wildman–Crippen LogP) is -2.12. The van der Waals surface area contributed by atoms with Gasteiger partial charge in [0, 0.05) is 43.6 Å². The Morgan fingerprint density at radius 2 is 1.12 bits per heavy atom. The molecule has 0 spiro atoms. The molecule has 0 aliphatic rings. The molecule has 0 aromatic rings. The second-order valence-corrected chi connectivity index (χ2v) is 1.54. The third-order valence-electron chi connectivity index (χ3n) is 0. The Labute approximate surface area is 87.3 Å². The van der Waals surface area contributed by atoms with E-state index in [0.29, 0.717) is 0 Å². The van der Waals surface area contributed by atoms with Gasteiger partial charge in [-0.25, -0.2) is 4.57 Å². The van der Waals surface area contributed by atoms with Gasteiger partial charge >= 0.3 is 7.82 Å². The molecule has 0 heterocycles. The van der Waals surface area contributed by atoms with Gasteiger partial charge in [0.2, 0.25) is 0 Å².